The Morgan fingerprint density at radius 1 is 1.26 bits per heavy atom. The van der Waals surface area contributed by atoms with Crippen LogP contribution < -0.4 is 10.1 Å². The number of ether oxygens (including phenoxy) is 3. The van der Waals surface area contributed by atoms with Crippen molar-refractivity contribution < 1.29 is 14.2 Å². The second-order valence-corrected chi connectivity index (χ2v) is 5.01. The molecule has 0 saturated heterocycles. The Labute approximate surface area is 115 Å². The first-order valence-corrected chi connectivity index (χ1v) is 6.62. The molecule has 0 unspecified atom stereocenters. The van der Waals surface area contributed by atoms with Crippen LogP contribution in [0.15, 0.2) is 18.2 Å². The van der Waals surface area contributed by atoms with E-state index in [2.05, 4.69) is 30.4 Å². The molecule has 0 bridgehead atoms. The summed E-state index contributed by atoms with van der Waals surface area (Å²) >= 11 is 0. The number of hydrogen-bond acceptors (Lipinski definition) is 4. The molecule has 0 aliphatic heterocycles. The summed E-state index contributed by atoms with van der Waals surface area (Å²) in [5.41, 5.74) is 2.36. The Bertz CT molecular complexity index is 424. The van der Waals surface area contributed by atoms with Gasteiger partial charge in [0.25, 0.3) is 0 Å². The molecule has 2 rings (SSSR count). The average Bonchev–Trinajstić information content (AvgIpc) is 2.41. The summed E-state index contributed by atoms with van der Waals surface area (Å²) in [5, 5.41) is 3.49. The zero-order chi connectivity index (χ0) is 13.9. The second-order valence-electron chi connectivity index (χ2n) is 5.01. The predicted molar refractivity (Wildman–Crippen MR) is 74.3 cm³/mol. The van der Waals surface area contributed by atoms with Crippen LogP contribution in [0.5, 0.6) is 5.75 Å². The van der Waals surface area contributed by atoms with E-state index in [-0.39, 0.29) is 6.04 Å². The number of methoxy groups -OCH3 is 3. The molecule has 0 amide bonds. The standard InChI is InChI=1S/C15H23NO3/c1-11-5-6-12(13(9-11)17-2)10-16-14-7-8-15(14,18-3)19-4/h5-6,9,14,16H,7-8,10H2,1-4H3/t14-/m0/s1. The Morgan fingerprint density at radius 3 is 2.53 bits per heavy atom. The van der Waals surface area contributed by atoms with Gasteiger partial charge in [0.05, 0.1) is 13.2 Å². The molecule has 1 N–H and O–H groups in total. The van der Waals surface area contributed by atoms with E-state index in [1.165, 1.54) is 5.56 Å². The molecule has 1 aliphatic carbocycles. The summed E-state index contributed by atoms with van der Waals surface area (Å²) in [5.74, 6) is 0.463. The lowest BCUT2D eigenvalue weighted by molar-refractivity contribution is -0.268. The summed E-state index contributed by atoms with van der Waals surface area (Å²) in [6, 6.07) is 6.48. The SMILES string of the molecule is COc1cc(C)ccc1CN[C@H]1CCC1(OC)OC. The van der Waals surface area contributed by atoms with Gasteiger partial charge >= 0.3 is 0 Å². The molecule has 1 aromatic rings. The molecule has 1 saturated carbocycles. The molecule has 1 atom stereocenters. The van der Waals surface area contributed by atoms with Gasteiger partial charge in [-0.3, -0.25) is 0 Å². The van der Waals surface area contributed by atoms with Crippen molar-refractivity contribution in [2.45, 2.75) is 38.1 Å². The number of hydrogen-bond donors (Lipinski definition) is 1. The minimum atomic E-state index is -0.460. The van der Waals surface area contributed by atoms with Crippen molar-refractivity contribution in [3.05, 3.63) is 29.3 Å². The molecular formula is C15H23NO3. The topological polar surface area (TPSA) is 39.7 Å². The van der Waals surface area contributed by atoms with Gasteiger partial charge in [-0.15, -0.1) is 0 Å². The van der Waals surface area contributed by atoms with Crippen molar-refractivity contribution >= 4 is 0 Å². The van der Waals surface area contributed by atoms with E-state index in [0.29, 0.717) is 0 Å². The molecule has 0 spiro atoms. The third-order valence-electron chi connectivity index (χ3n) is 3.98. The van der Waals surface area contributed by atoms with Crippen molar-refractivity contribution in [3.63, 3.8) is 0 Å². The Morgan fingerprint density at radius 2 is 2.00 bits per heavy atom. The third-order valence-corrected chi connectivity index (χ3v) is 3.98. The fourth-order valence-corrected chi connectivity index (χ4v) is 2.58. The van der Waals surface area contributed by atoms with Gasteiger partial charge in [0.15, 0.2) is 5.79 Å². The maximum Gasteiger partial charge on any atom is 0.183 e. The molecule has 1 fully saturated rings. The van der Waals surface area contributed by atoms with Crippen LogP contribution in [0.4, 0.5) is 0 Å². The van der Waals surface area contributed by atoms with Gasteiger partial charge in [-0.25, -0.2) is 0 Å². The lowest BCUT2D eigenvalue weighted by Crippen LogP contribution is -2.60. The number of rotatable bonds is 6. The first kappa shape index (κ1) is 14.3. The largest absolute Gasteiger partial charge is 0.496 e. The maximum absolute atomic E-state index is 5.48. The molecule has 106 valence electrons. The van der Waals surface area contributed by atoms with E-state index >= 15 is 0 Å². The van der Waals surface area contributed by atoms with Crippen LogP contribution in [0.2, 0.25) is 0 Å². The fourth-order valence-electron chi connectivity index (χ4n) is 2.58. The number of aryl methyl sites for hydroxylation is 1. The number of benzene rings is 1. The molecule has 19 heavy (non-hydrogen) atoms. The zero-order valence-electron chi connectivity index (χ0n) is 12.2. The van der Waals surface area contributed by atoms with E-state index in [9.17, 15) is 0 Å². The highest BCUT2D eigenvalue weighted by Gasteiger charge is 2.47. The van der Waals surface area contributed by atoms with Crippen molar-refractivity contribution in [2.24, 2.45) is 0 Å². The first-order valence-electron chi connectivity index (χ1n) is 6.62. The summed E-state index contributed by atoms with van der Waals surface area (Å²) in [7, 11) is 5.10. The van der Waals surface area contributed by atoms with E-state index < -0.39 is 5.79 Å². The third kappa shape index (κ3) is 2.76. The van der Waals surface area contributed by atoms with Crippen LogP contribution in [0.25, 0.3) is 0 Å². The lowest BCUT2D eigenvalue weighted by Gasteiger charge is -2.47. The summed E-state index contributed by atoms with van der Waals surface area (Å²) in [6.45, 7) is 2.81. The van der Waals surface area contributed by atoms with Gasteiger partial charge in [0.2, 0.25) is 0 Å². The van der Waals surface area contributed by atoms with Gasteiger partial charge in [0, 0.05) is 32.7 Å². The van der Waals surface area contributed by atoms with Crippen LogP contribution in [0, 0.1) is 6.92 Å². The van der Waals surface area contributed by atoms with Gasteiger partial charge in [0.1, 0.15) is 5.75 Å². The second kappa shape index (κ2) is 5.90. The van der Waals surface area contributed by atoms with Crippen LogP contribution >= 0.6 is 0 Å². The van der Waals surface area contributed by atoms with Crippen molar-refractivity contribution in [1.29, 1.82) is 0 Å². The molecule has 1 aliphatic rings. The zero-order valence-corrected chi connectivity index (χ0v) is 12.2. The first-order chi connectivity index (χ1) is 9.15. The van der Waals surface area contributed by atoms with Gasteiger partial charge < -0.3 is 19.5 Å². The van der Waals surface area contributed by atoms with E-state index in [0.717, 1.165) is 30.7 Å². The Hall–Kier alpha value is -1.10. The molecule has 1 aromatic carbocycles. The Balaban J connectivity index is 2.00. The quantitative estimate of drug-likeness (QED) is 0.801. The van der Waals surface area contributed by atoms with Gasteiger partial charge in [-0.1, -0.05) is 12.1 Å². The minimum Gasteiger partial charge on any atom is -0.496 e. The lowest BCUT2D eigenvalue weighted by atomic mass is 9.84. The van der Waals surface area contributed by atoms with Crippen LogP contribution in [-0.2, 0) is 16.0 Å². The highest BCUT2D eigenvalue weighted by molar-refractivity contribution is 5.37. The molecule has 4 heteroatoms. The molecule has 0 heterocycles. The summed E-state index contributed by atoms with van der Waals surface area (Å²) in [6.07, 6.45) is 2.00. The molecule has 0 aromatic heterocycles. The fraction of sp³-hybridized carbons (Fsp3) is 0.600. The highest BCUT2D eigenvalue weighted by atomic mass is 16.7. The van der Waals surface area contributed by atoms with Gasteiger partial charge in [-0.05, 0) is 25.0 Å². The minimum absolute atomic E-state index is 0.230. The Kier molecular flexibility index (Phi) is 4.45. The maximum atomic E-state index is 5.48. The normalized spacial score (nSPS) is 20.9. The van der Waals surface area contributed by atoms with Crippen molar-refractivity contribution in [2.75, 3.05) is 21.3 Å². The molecule has 4 nitrogen and oxygen atoms in total. The van der Waals surface area contributed by atoms with Crippen LogP contribution in [0.3, 0.4) is 0 Å². The van der Waals surface area contributed by atoms with E-state index in [4.69, 9.17) is 14.2 Å². The van der Waals surface area contributed by atoms with Gasteiger partial charge in [-0.2, -0.15) is 0 Å². The van der Waals surface area contributed by atoms with E-state index in [1.54, 1.807) is 21.3 Å². The highest BCUT2D eigenvalue weighted by Crippen LogP contribution is 2.36. The van der Waals surface area contributed by atoms with Crippen molar-refractivity contribution in [1.82, 2.24) is 5.32 Å². The molecule has 0 radical (unpaired) electrons. The monoisotopic (exact) mass is 265 g/mol. The predicted octanol–water partition coefficient (Wildman–Crippen LogP) is 2.24. The van der Waals surface area contributed by atoms with Crippen LogP contribution in [0.1, 0.15) is 24.0 Å². The smallest absolute Gasteiger partial charge is 0.183 e. The van der Waals surface area contributed by atoms with Crippen molar-refractivity contribution in [3.8, 4) is 5.75 Å². The van der Waals surface area contributed by atoms with Crippen LogP contribution in [-0.4, -0.2) is 33.2 Å². The molecular weight excluding hydrogens is 242 g/mol. The average molecular weight is 265 g/mol. The summed E-state index contributed by atoms with van der Waals surface area (Å²) in [4.78, 5) is 0. The summed E-state index contributed by atoms with van der Waals surface area (Å²) < 4.78 is 16.4. The number of nitrogens with one attached hydrogen (secondary N) is 1. The van der Waals surface area contributed by atoms with E-state index in [1.807, 2.05) is 0 Å².